The van der Waals surface area contributed by atoms with Crippen LogP contribution < -0.4 is 0 Å². The van der Waals surface area contributed by atoms with Crippen LogP contribution in [-0.4, -0.2) is 40.1 Å². The summed E-state index contributed by atoms with van der Waals surface area (Å²) in [4.78, 5) is 13.5. The van der Waals surface area contributed by atoms with E-state index in [1.165, 1.54) is 4.90 Å². The molecule has 0 fully saturated rings. The summed E-state index contributed by atoms with van der Waals surface area (Å²) in [5, 5.41) is 4.36. The summed E-state index contributed by atoms with van der Waals surface area (Å²) in [7, 11) is 0. The third-order valence-corrected chi connectivity index (χ3v) is 3.99. The number of carbonyl (C=O) groups is 1. The van der Waals surface area contributed by atoms with E-state index in [0.717, 1.165) is 16.8 Å². The Morgan fingerprint density at radius 3 is 2.68 bits per heavy atom. The van der Waals surface area contributed by atoms with Gasteiger partial charge in [-0.2, -0.15) is 5.10 Å². The lowest BCUT2D eigenvalue weighted by Crippen LogP contribution is -2.40. The minimum Gasteiger partial charge on any atom is -0.331 e. The third kappa shape index (κ3) is 2.73. The second-order valence-corrected chi connectivity index (χ2v) is 5.45. The molecule has 1 aromatic heterocycles. The Morgan fingerprint density at radius 2 is 2.00 bits per heavy atom. The van der Waals surface area contributed by atoms with Crippen LogP contribution in [0.3, 0.4) is 0 Å². The summed E-state index contributed by atoms with van der Waals surface area (Å²) < 4.78 is 26.8. The molecule has 0 aliphatic carbocycles. The number of hydrogen-bond donors (Lipinski definition) is 0. The lowest BCUT2D eigenvalue weighted by Gasteiger charge is -2.25. The minimum atomic E-state index is -2.52. The second kappa shape index (κ2) is 5.87. The van der Waals surface area contributed by atoms with Gasteiger partial charge >= 0.3 is 0 Å². The first-order chi connectivity index (χ1) is 10.6. The van der Waals surface area contributed by atoms with Gasteiger partial charge < -0.3 is 4.90 Å². The third-order valence-electron chi connectivity index (χ3n) is 3.99. The van der Waals surface area contributed by atoms with Gasteiger partial charge in [-0.25, -0.2) is 8.78 Å². The second-order valence-electron chi connectivity index (χ2n) is 5.45. The van der Waals surface area contributed by atoms with E-state index >= 15 is 0 Å². The number of rotatable bonds is 4. The smallest absolute Gasteiger partial charge is 0.274 e. The topological polar surface area (TPSA) is 38.1 Å². The fourth-order valence-corrected chi connectivity index (χ4v) is 2.80. The van der Waals surface area contributed by atoms with Gasteiger partial charge in [0.2, 0.25) is 0 Å². The van der Waals surface area contributed by atoms with Crippen molar-refractivity contribution in [2.24, 2.45) is 0 Å². The van der Waals surface area contributed by atoms with E-state index in [2.05, 4.69) is 5.10 Å². The first-order valence-corrected chi connectivity index (χ1v) is 7.24. The van der Waals surface area contributed by atoms with Crippen molar-refractivity contribution in [2.75, 3.05) is 13.1 Å². The number of benzene rings is 1. The molecule has 3 rings (SSSR count). The van der Waals surface area contributed by atoms with Crippen molar-refractivity contribution in [1.29, 1.82) is 0 Å². The average molecular weight is 305 g/mol. The van der Waals surface area contributed by atoms with Crippen molar-refractivity contribution >= 4 is 5.91 Å². The molecule has 1 aromatic carbocycles. The fourth-order valence-electron chi connectivity index (χ4n) is 2.80. The van der Waals surface area contributed by atoms with Crippen LogP contribution in [0.5, 0.6) is 0 Å². The molecule has 0 atom stereocenters. The maximum Gasteiger partial charge on any atom is 0.274 e. The zero-order valence-corrected chi connectivity index (χ0v) is 12.3. The fraction of sp³-hybridized carbons (Fsp3) is 0.375. The number of aromatic nitrogens is 2. The molecule has 2 heterocycles. The standard InChI is InChI=1S/C16H17F2N3O/c1-11-13-7-8-20(10-14(17)18)16(22)15(13)19-21(11)9-12-5-3-2-4-6-12/h2-6,14H,7-10H2,1H3. The zero-order chi connectivity index (χ0) is 15.7. The summed E-state index contributed by atoms with van der Waals surface area (Å²) in [6.07, 6.45) is -1.94. The molecular formula is C16H17F2N3O. The first-order valence-electron chi connectivity index (χ1n) is 7.24. The number of hydrogen-bond acceptors (Lipinski definition) is 2. The number of halogens is 2. The predicted molar refractivity (Wildman–Crippen MR) is 78.1 cm³/mol. The Bertz CT molecular complexity index is 682. The molecule has 116 valence electrons. The van der Waals surface area contributed by atoms with Crippen LogP contribution in [0.25, 0.3) is 0 Å². The zero-order valence-electron chi connectivity index (χ0n) is 12.3. The van der Waals surface area contributed by atoms with Crippen LogP contribution >= 0.6 is 0 Å². The Hall–Kier alpha value is -2.24. The van der Waals surface area contributed by atoms with Crippen molar-refractivity contribution in [3.8, 4) is 0 Å². The monoisotopic (exact) mass is 305 g/mol. The van der Waals surface area contributed by atoms with Gasteiger partial charge in [-0.3, -0.25) is 9.48 Å². The van der Waals surface area contributed by atoms with Crippen LogP contribution in [0, 0.1) is 6.92 Å². The molecule has 0 radical (unpaired) electrons. The normalized spacial score (nSPS) is 14.5. The molecule has 1 aliphatic rings. The van der Waals surface area contributed by atoms with E-state index in [1.807, 2.05) is 37.3 Å². The molecule has 6 heteroatoms. The summed E-state index contributed by atoms with van der Waals surface area (Å²) in [6, 6.07) is 9.82. The van der Waals surface area contributed by atoms with Crippen molar-refractivity contribution in [3.63, 3.8) is 0 Å². The molecular weight excluding hydrogens is 288 g/mol. The van der Waals surface area contributed by atoms with Gasteiger partial charge in [0.05, 0.1) is 13.1 Å². The van der Waals surface area contributed by atoms with E-state index in [0.29, 0.717) is 25.2 Å². The maximum absolute atomic E-state index is 12.5. The summed E-state index contributed by atoms with van der Waals surface area (Å²) in [5.41, 5.74) is 3.22. The van der Waals surface area contributed by atoms with Crippen LogP contribution in [0.4, 0.5) is 8.78 Å². The van der Waals surface area contributed by atoms with Gasteiger partial charge in [-0.15, -0.1) is 0 Å². The molecule has 0 spiro atoms. The molecule has 22 heavy (non-hydrogen) atoms. The number of nitrogens with zero attached hydrogens (tertiary/aromatic N) is 3. The van der Waals surface area contributed by atoms with E-state index in [9.17, 15) is 13.6 Å². The van der Waals surface area contributed by atoms with Gasteiger partial charge in [0.1, 0.15) is 0 Å². The van der Waals surface area contributed by atoms with E-state index in [1.54, 1.807) is 4.68 Å². The molecule has 1 aliphatic heterocycles. The minimum absolute atomic E-state index is 0.320. The number of alkyl halides is 2. The van der Waals surface area contributed by atoms with Crippen LogP contribution in [0.1, 0.15) is 27.3 Å². The van der Waals surface area contributed by atoms with Gasteiger partial charge in [-0.1, -0.05) is 30.3 Å². The SMILES string of the molecule is Cc1c2c(nn1Cc1ccccc1)C(=O)N(CC(F)F)CC2. The van der Waals surface area contributed by atoms with E-state index in [4.69, 9.17) is 0 Å². The Kier molecular flexibility index (Phi) is 3.92. The molecule has 0 unspecified atom stereocenters. The number of fused-ring (bicyclic) bond motifs is 1. The van der Waals surface area contributed by atoms with Crippen molar-refractivity contribution in [2.45, 2.75) is 26.3 Å². The van der Waals surface area contributed by atoms with Gasteiger partial charge in [0.15, 0.2) is 5.69 Å². The highest BCUT2D eigenvalue weighted by Gasteiger charge is 2.31. The average Bonchev–Trinajstić information content (AvgIpc) is 2.80. The molecule has 0 N–H and O–H groups in total. The van der Waals surface area contributed by atoms with Gasteiger partial charge in [-0.05, 0) is 18.9 Å². The van der Waals surface area contributed by atoms with Crippen LogP contribution in [-0.2, 0) is 13.0 Å². The molecule has 0 saturated heterocycles. The summed E-state index contributed by atoms with van der Waals surface area (Å²) >= 11 is 0. The predicted octanol–water partition coefficient (Wildman–Crippen LogP) is 2.50. The van der Waals surface area contributed by atoms with Crippen LogP contribution in [0.2, 0.25) is 0 Å². The summed E-state index contributed by atoms with van der Waals surface area (Å²) in [5.74, 6) is -0.392. The Balaban J connectivity index is 1.87. The molecule has 2 aromatic rings. The van der Waals surface area contributed by atoms with Gasteiger partial charge in [0, 0.05) is 17.8 Å². The lowest BCUT2D eigenvalue weighted by atomic mass is 10.0. The Labute approximate surface area is 127 Å². The number of amides is 1. The lowest BCUT2D eigenvalue weighted by molar-refractivity contribution is 0.0532. The molecule has 4 nitrogen and oxygen atoms in total. The molecule has 0 bridgehead atoms. The Morgan fingerprint density at radius 1 is 1.27 bits per heavy atom. The molecule has 0 saturated carbocycles. The maximum atomic E-state index is 12.5. The van der Waals surface area contributed by atoms with Crippen molar-refractivity contribution in [3.05, 3.63) is 52.8 Å². The van der Waals surface area contributed by atoms with Crippen molar-refractivity contribution in [1.82, 2.24) is 14.7 Å². The van der Waals surface area contributed by atoms with E-state index < -0.39 is 18.9 Å². The highest BCUT2D eigenvalue weighted by molar-refractivity contribution is 5.95. The van der Waals surface area contributed by atoms with Gasteiger partial charge in [0.25, 0.3) is 12.3 Å². The largest absolute Gasteiger partial charge is 0.331 e. The van der Waals surface area contributed by atoms with Crippen LogP contribution in [0.15, 0.2) is 30.3 Å². The molecule has 1 amide bonds. The highest BCUT2D eigenvalue weighted by atomic mass is 19.3. The summed E-state index contributed by atoms with van der Waals surface area (Å²) in [6.45, 7) is 2.30. The number of carbonyl (C=O) groups excluding carboxylic acids is 1. The quantitative estimate of drug-likeness (QED) is 0.870. The highest BCUT2D eigenvalue weighted by Crippen LogP contribution is 2.22. The van der Waals surface area contributed by atoms with Crippen molar-refractivity contribution < 1.29 is 13.6 Å². The first kappa shape index (κ1) is 14.7. The van der Waals surface area contributed by atoms with E-state index in [-0.39, 0.29) is 0 Å².